The number of carbonyl (C=O) groups is 2. The van der Waals surface area contributed by atoms with E-state index in [1.54, 1.807) is 0 Å². The molecule has 2 amide bonds. The maximum Gasteiger partial charge on any atom is 0.245 e. The normalized spacial score (nSPS) is 15.8. The SMILES string of the molecule is COCC(=O)NCCCN1CCCC1=O. The zero-order valence-electron chi connectivity index (χ0n) is 9.12. The van der Waals surface area contributed by atoms with E-state index in [0.717, 1.165) is 25.9 Å². The van der Waals surface area contributed by atoms with E-state index < -0.39 is 0 Å². The second-order valence-electron chi connectivity index (χ2n) is 3.62. The average Bonchev–Trinajstić information content (AvgIpc) is 2.60. The van der Waals surface area contributed by atoms with Crippen LogP contribution in [0.15, 0.2) is 0 Å². The summed E-state index contributed by atoms with van der Waals surface area (Å²) in [5, 5.41) is 2.72. The van der Waals surface area contributed by atoms with Gasteiger partial charge in [0.15, 0.2) is 0 Å². The molecule has 1 fully saturated rings. The Morgan fingerprint density at radius 2 is 2.40 bits per heavy atom. The molecule has 5 heteroatoms. The third-order valence-electron chi connectivity index (χ3n) is 2.37. The zero-order chi connectivity index (χ0) is 11.1. The van der Waals surface area contributed by atoms with Crippen molar-refractivity contribution in [2.45, 2.75) is 19.3 Å². The monoisotopic (exact) mass is 214 g/mol. The average molecular weight is 214 g/mol. The Morgan fingerprint density at radius 1 is 1.60 bits per heavy atom. The summed E-state index contributed by atoms with van der Waals surface area (Å²) >= 11 is 0. The van der Waals surface area contributed by atoms with E-state index in [1.807, 2.05) is 4.90 Å². The minimum Gasteiger partial charge on any atom is -0.375 e. The van der Waals surface area contributed by atoms with Gasteiger partial charge >= 0.3 is 0 Å². The van der Waals surface area contributed by atoms with Crippen molar-refractivity contribution in [1.29, 1.82) is 0 Å². The van der Waals surface area contributed by atoms with Crippen LogP contribution in [0.2, 0.25) is 0 Å². The Bertz CT molecular complexity index is 231. The first-order valence-corrected chi connectivity index (χ1v) is 5.27. The largest absolute Gasteiger partial charge is 0.375 e. The standard InChI is InChI=1S/C10H18N2O3/c1-15-8-9(13)11-5-3-7-12-6-2-4-10(12)14/h2-8H2,1H3,(H,11,13). The fourth-order valence-corrected chi connectivity index (χ4v) is 1.62. The van der Waals surface area contributed by atoms with Crippen molar-refractivity contribution in [3.05, 3.63) is 0 Å². The molecule has 0 radical (unpaired) electrons. The molecule has 0 atom stereocenters. The predicted octanol–water partition coefficient (Wildman–Crippen LogP) is -0.238. The highest BCUT2D eigenvalue weighted by atomic mass is 16.5. The smallest absolute Gasteiger partial charge is 0.245 e. The summed E-state index contributed by atoms with van der Waals surface area (Å²) in [6, 6.07) is 0. The highest BCUT2D eigenvalue weighted by Gasteiger charge is 2.18. The van der Waals surface area contributed by atoms with E-state index in [4.69, 9.17) is 0 Å². The van der Waals surface area contributed by atoms with Crippen molar-refractivity contribution in [2.24, 2.45) is 0 Å². The number of hydrogen-bond acceptors (Lipinski definition) is 3. The minimum absolute atomic E-state index is 0.0998. The van der Waals surface area contributed by atoms with Gasteiger partial charge in [0, 0.05) is 33.2 Å². The van der Waals surface area contributed by atoms with Crippen molar-refractivity contribution < 1.29 is 14.3 Å². The van der Waals surface area contributed by atoms with Gasteiger partial charge in [0.25, 0.3) is 0 Å². The van der Waals surface area contributed by atoms with Crippen molar-refractivity contribution >= 4 is 11.8 Å². The van der Waals surface area contributed by atoms with Gasteiger partial charge < -0.3 is 15.0 Å². The van der Waals surface area contributed by atoms with Crippen LogP contribution >= 0.6 is 0 Å². The number of nitrogens with one attached hydrogen (secondary N) is 1. The van der Waals surface area contributed by atoms with Crippen LogP contribution in [0.25, 0.3) is 0 Å². The Balaban J connectivity index is 2.01. The van der Waals surface area contributed by atoms with Crippen LogP contribution in [0, 0.1) is 0 Å². The molecule has 1 aliphatic heterocycles. The summed E-state index contributed by atoms with van der Waals surface area (Å²) in [6.45, 7) is 2.31. The maximum absolute atomic E-state index is 11.2. The second-order valence-corrected chi connectivity index (χ2v) is 3.62. The van der Waals surface area contributed by atoms with E-state index in [9.17, 15) is 9.59 Å². The minimum atomic E-state index is -0.106. The molecule has 1 N–H and O–H groups in total. The quantitative estimate of drug-likeness (QED) is 0.621. The van der Waals surface area contributed by atoms with Crippen molar-refractivity contribution in [2.75, 3.05) is 33.4 Å². The van der Waals surface area contributed by atoms with Gasteiger partial charge in [0.1, 0.15) is 6.61 Å². The van der Waals surface area contributed by atoms with Gasteiger partial charge in [-0.25, -0.2) is 0 Å². The van der Waals surface area contributed by atoms with Crippen LogP contribution in [0.5, 0.6) is 0 Å². The zero-order valence-corrected chi connectivity index (χ0v) is 9.12. The second kappa shape index (κ2) is 6.40. The molecule has 0 aromatic heterocycles. The molecule has 86 valence electrons. The number of ether oxygens (including phenoxy) is 1. The highest BCUT2D eigenvalue weighted by molar-refractivity contribution is 5.78. The van der Waals surface area contributed by atoms with Gasteiger partial charge in [-0.1, -0.05) is 0 Å². The van der Waals surface area contributed by atoms with E-state index in [-0.39, 0.29) is 18.4 Å². The molecule has 0 unspecified atom stereocenters. The molecule has 1 saturated heterocycles. The topological polar surface area (TPSA) is 58.6 Å². The van der Waals surface area contributed by atoms with Crippen molar-refractivity contribution in [1.82, 2.24) is 10.2 Å². The lowest BCUT2D eigenvalue weighted by Gasteiger charge is -2.15. The Labute approximate surface area is 89.8 Å². The molecular formula is C10H18N2O3. The van der Waals surface area contributed by atoms with Crippen LogP contribution < -0.4 is 5.32 Å². The van der Waals surface area contributed by atoms with Crippen LogP contribution in [0.1, 0.15) is 19.3 Å². The Kier molecular flexibility index (Phi) is 5.10. The lowest BCUT2D eigenvalue weighted by molar-refractivity contribution is -0.127. The van der Waals surface area contributed by atoms with E-state index in [0.29, 0.717) is 13.0 Å². The Morgan fingerprint density at radius 3 is 3.00 bits per heavy atom. The molecular weight excluding hydrogens is 196 g/mol. The number of rotatable bonds is 6. The van der Waals surface area contributed by atoms with Gasteiger partial charge in [-0.3, -0.25) is 9.59 Å². The molecule has 1 aliphatic rings. The first-order chi connectivity index (χ1) is 7.24. The molecule has 0 aromatic carbocycles. The first-order valence-electron chi connectivity index (χ1n) is 5.27. The molecule has 0 bridgehead atoms. The van der Waals surface area contributed by atoms with Gasteiger partial charge in [-0.15, -0.1) is 0 Å². The summed E-state index contributed by atoms with van der Waals surface area (Å²) in [5.74, 6) is 0.128. The summed E-state index contributed by atoms with van der Waals surface area (Å²) in [6.07, 6.45) is 2.45. The number of hydrogen-bond donors (Lipinski definition) is 1. The maximum atomic E-state index is 11.2. The van der Waals surface area contributed by atoms with Gasteiger partial charge in [-0.05, 0) is 12.8 Å². The highest BCUT2D eigenvalue weighted by Crippen LogP contribution is 2.09. The first kappa shape index (κ1) is 12.0. The molecule has 0 aliphatic carbocycles. The number of methoxy groups -OCH3 is 1. The summed E-state index contributed by atoms with van der Waals surface area (Å²) in [5.41, 5.74) is 0. The molecule has 1 heterocycles. The van der Waals surface area contributed by atoms with E-state index in [1.165, 1.54) is 7.11 Å². The lowest BCUT2D eigenvalue weighted by Crippen LogP contribution is -2.32. The number of nitrogens with zero attached hydrogens (tertiary/aromatic N) is 1. The van der Waals surface area contributed by atoms with Gasteiger partial charge in [0.2, 0.25) is 11.8 Å². The summed E-state index contributed by atoms with van der Waals surface area (Å²) < 4.78 is 4.67. The number of likely N-dealkylation sites (tertiary alicyclic amines) is 1. The Hall–Kier alpha value is -1.10. The van der Waals surface area contributed by atoms with Crippen LogP contribution in [-0.2, 0) is 14.3 Å². The fourth-order valence-electron chi connectivity index (χ4n) is 1.62. The molecule has 1 rings (SSSR count). The molecule has 15 heavy (non-hydrogen) atoms. The van der Waals surface area contributed by atoms with E-state index in [2.05, 4.69) is 10.1 Å². The van der Waals surface area contributed by atoms with Crippen molar-refractivity contribution in [3.63, 3.8) is 0 Å². The lowest BCUT2D eigenvalue weighted by atomic mass is 10.4. The fraction of sp³-hybridized carbons (Fsp3) is 0.800. The number of amides is 2. The molecule has 5 nitrogen and oxygen atoms in total. The van der Waals surface area contributed by atoms with Gasteiger partial charge in [-0.2, -0.15) is 0 Å². The third-order valence-corrected chi connectivity index (χ3v) is 2.37. The van der Waals surface area contributed by atoms with Crippen LogP contribution in [0.3, 0.4) is 0 Å². The van der Waals surface area contributed by atoms with Crippen LogP contribution in [-0.4, -0.2) is 50.1 Å². The summed E-state index contributed by atoms with van der Waals surface area (Å²) in [7, 11) is 1.49. The van der Waals surface area contributed by atoms with Crippen LogP contribution in [0.4, 0.5) is 0 Å². The van der Waals surface area contributed by atoms with Crippen molar-refractivity contribution in [3.8, 4) is 0 Å². The third kappa shape index (κ3) is 4.29. The predicted molar refractivity (Wildman–Crippen MR) is 55.3 cm³/mol. The number of carbonyl (C=O) groups excluding carboxylic acids is 2. The molecule has 0 spiro atoms. The molecule has 0 aromatic rings. The molecule has 0 saturated carbocycles. The van der Waals surface area contributed by atoms with E-state index >= 15 is 0 Å². The van der Waals surface area contributed by atoms with Gasteiger partial charge in [0.05, 0.1) is 0 Å². The summed E-state index contributed by atoms with van der Waals surface area (Å²) in [4.78, 5) is 24.1.